The topological polar surface area (TPSA) is 8.17 Å². The Morgan fingerprint density at radius 3 is 1.69 bits per heavy atom. The van der Waals surface area contributed by atoms with Gasteiger partial charge < -0.3 is 9.47 Å². The Bertz CT molecular complexity index is 3920. The van der Waals surface area contributed by atoms with E-state index in [1.165, 1.54) is 109 Å². The number of benzene rings is 10. The summed E-state index contributed by atoms with van der Waals surface area (Å²) in [7, 11) is 0. The summed E-state index contributed by atoms with van der Waals surface area (Å²) in [6, 6.07) is 91.9. The summed E-state index contributed by atoms with van der Waals surface area (Å²) >= 11 is 1.98. The molecule has 0 saturated carbocycles. The first-order valence-electron chi connectivity index (χ1n) is 24.4. The van der Waals surface area contributed by atoms with Crippen LogP contribution in [0, 0.1) is 0 Å². The molecule has 2 aliphatic rings. The first kappa shape index (κ1) is 40.6. The van der Waals surface area contributed by atoms with Crippen LogP contribution in [0.2, 0.25) is 0 Å². The van der Waals surface area contributed by atoms with Crippen molar-refractivity contribution in [2.75, 3.05) is 4.90 Å². The molecule has 2 heterocycles. The zero-order chi connectivity index (χ0) is 46.2. The molecule has 0 aliphatic heterocycles. The average molecular weight is 911 g/mol. The lowest BCUT2D eigenvalue weighted by molar-refractivity contribution is 0.769. The number of anilines is 2. The number of para-hydroxylation sites is 2. The quantitative estimate of drug-likeness (QED) is 0.147. The van der Waals surface area contributed by atoms with Gasteiger partial charge in [-0.25, -0.2) is 0 Å². The first-order valence-corrected chi connectivity index (χ1v) is 25.2. The Balaban J connectivity index is 0.919. The van der Waals surface area contributed by atoms with E-state index in [0.29, 0.717) is 0 Å². The molecule has 10 aromatic carbocycles. The first-order chi connectivity index (χ1) is 34.7. The normalized spacial score (nSPS) is 13.5. The molecular weight excluding hydrogens is 865 g/mol. The Morgan fingerprint density at radius 2 is 0.986 bits per heavy atom. The number of hydrogen-bond acceptors (Lipinski definition) is 2. The monoisotopic (exact) mass is 910 g/mol. The second-order valence-electron chi connectivity index (χ2n) is 18.6. The molecule has 330 valence electrons. The molecule has 2 aliphatic carbocycles. The second kappa shape index (κ2) is 16.3. The fraction of sp³-hybridized carbons (Fsp3) is 0.0448. The third-order valence-electron chi connectivity index (χ3n) is 15.0. The van der Waals surface area contributed by atoms with Crippen molar-refractivity contribution in [3.05, 3.63) is 287 Å². The Morgan fingerprint density at radius 1 is 0.429 bits per heavy atom. The van der Waals surface area contributed by atoms with Crippen LogP contribution in [0.25, 0.3) is 76.7 Å². The summed E-state index contributed by atoms with van der Waals surface area (Å²) in [6.07, 6.45) is 4.46. The van der Waals surface area contributed by atoms with Gasteiger partial charge in [0.15, 0.2) is 0 Å². The lowest BCUT2D eigenvalue weighted by Crippen LogP contribution is -2.28. The van der Waals surface area contributed by atoms with E-state index in [0.717, 1.165) is 24.2 Å². The van der Waals surface area contributed by atoms with Crippen molar-refractivity contribution in [1.29, 1.82) is 0 Å². The molecule has 0 bridgehead atoms. The molecule has 0 saturated heterocycles. The molecule has 0 radical (unpaired) electrons. The summed E-state index contributed by atoms with van der Waals surface area (Å²) in [4.78, 5) is 3.86. The molecule has 12 aromatic rings. The molecule has 2 aromatic heterocycles. The standard InChI is InChI=1S/C67H46N2S/c1-5-18-45(19-6-1)46-32-37-52(38-33-46)68(53-39-34-47(35-40-53)48-36-43-62-58(44-48)54-26-14-16-30-61(54)69(62)51-24-11-4-12-25-51)63-31-17-28-55-56-41-42-60-64(66(56)70-65(55)63)57-27-13-15-29-59(57)67(60,49-20-7-2-8-21-49)50-22-9-3-10-23-50/h1-16,18-27,29-44H,17,28H2. The van der Waals surface area contributed by atoms with Crippen LogP contribution in [0.1, 0.15) is 39.1 Å². The zero-order valence-corrected chi connectivity index (χ0v) is 39.3. The van der Waals surface area contributed by atoms with E-state index in [1.807, 2.05) is 11.3 Å². The Hall–Kier alpha value is -8.50. The summed E-state index contributed by atoms with van der Waals surface area (Å²) in [6.45, 7) is 0. The van der Waals surface area contributed by atoms with Gasteiger partial charge in [0.25, 0.3) is 0 Å². The Kier molecular flexibility index (Phi) is 9.47. The van der Waals surface area contributed by atoms with Gasteiger partial charge in [-0.15, -0.1) is 11.3 Å². The van der Waals surface area contributed by atoms with Crippen LogP contribution in [-0.4, -0.2) is 4.57 Å². The highest BCUT2D eigenvalue weighted by atomic mass is 32.1. The summed E-state index contributed by atoms with van der Waals surface area (Å²) in [5.41, 5.74) is 20.9. The van der Waals surface area contributed by atoms with Crippen molar-refractivity contribution in [3.63, 3.8) is 0 Å². The van der Waals surface area contributed by atoms with Crippen LogP contribution in [0.3, 0.4) is 0 Å². The third-order valence-corrected chi connectivity index (χ3v) is 16.3. The van der Waals surface area contributed by atoms with Crippen molar-refractivity contribution in [2.24, 2.45) is 0 Å². The van der Waals surface area contributed by atoms with Gasteiger partial charge in [-0.2, -0.15) is 0 Å². The lowest BCUT2D eigenvalue weighted by Gasteiger charge is -2.33. The van der Waals surface area contributed by atoms with Crippen LogP contribution < -0.4 is 4.90 Å². The maximum absolute atomic E-state index is 2.51. The van der Waals surface area contributed by atoms with Crippen LogP contribution in [-0.2, 0) is 11.8 Å². The average Bonchev–Trinajstić information content (AvgIpc) is 4.09. The fourth-order valence-corrected chi connectivity index (χ4v) is 13.3. The predicted molar refractivity (Wildman–Crippen MR) is 296 cm³/mol. The fourth-order valence-electron chi connectivity index (χ4n) is 11.9. The van der Waals surface area contributed by atoms with Gasteiger partial charge in [-0.3, -0.25) is 0 Å². The van der Waals surface area contributed by atoms with E-state index in [1.54, 1.807) is 0 Å². The van der Waals surface area contributed by atoms with Gasteiger partial charge in [0, 0.05) is 38.1 Å². The van der Waals surface area contributed by atoms with Gasteiger partial charge in [-0.05, 0) is 128 Å². The molecule has 3 heteroatoms. The van der Waals surface area contributed by atoms with Crippen LogP contribution in [0.15, 0.2) is 255 Å². The summed E-state index contributed by atoms with van der Waals surface area (Å²) < 4.78 is 3.75. The molecule has 0 unspecified atom stereocenters. The van der Waals surface area contributed by atoms with E-state index in [2.05, 4.69) is 264 Å². The SMILES string of the molecule is C1=C(N(c2ccc(-c3ccccc3)cc2)c2ccc(-c3ccc4c(c3)c3ccccc3n4-c3ccccc3)cc2)c2sc3c4c(ccc3c2CC1)C(c1ccccc1)(c1ccccc1)c1ccccc1-4. The molecule has 0 atom stereocenters. The maximum Gasteiger partial charge on any atom is 0.0714 e. The van der Waals surface area contributed by atoms with Crippen molar-refractivity contribution < 1.29 is 0 Å². The van der Waals surface area contributed by atoms with Gasteiger partial charge in [0.2, 0.25) is 0 Å². The molecule has 0 spiro atoms. The maximum atomic E-state index is 2.51. The number of thiophene rings is 1. The molecule has 0 amide bonds. The van der Waals surface area contributed by atoms with E-state index in [-0.39, 0.29) is 0 Å². The van der Waals surface area contributed by atoms with Gasteiger partial charge in [0.05, 0.1) is 27.0 Å². The van der Waals surface area contributed by atoms with Gasteiger partial charge in [0.1, 0.15) is 0 Å². The minimum atomic E-state index is -0.441. The van der Waals surface area contributed by atoms with Crippen molar-refractivity contribution in [2.45, 2.75) is 18.3 Å². The van der Waals surface area contributed by atoms with E-state index in [4.69, 9.17) is 0 Å². The number of nitrogens with zero attached hydrogens (tertiary/aromatic N) is 2. The molecule has 14 rings (SSSR count). The third kappa shape index (κ3) is 6.18. The highest BCUT2D eigenvalue weighted by molar-refractivity contribution is 7.21. The van der Waals surface area contributed by atoms with Crippen molar-refractivity contribution in [1.82, 2.24) is 4.57 Å². The number of hydrogen-bond donors (Lipinski definition) is 0. The number of allylic oxidation sites excluding steroid dienone is 1. The largest absolute Gasteiger partial charge is 0.309 e. The van der Waals surface area contributed by atoms with E-state index in [9.17, 15) is 0 Å². The summed E-state index contributed by atoms with van der Waals surface area (Å²) in [5, 5.41) is 3.88. The smallest absolute Gasteiger partial charge is 0.0714 e. The lowest BCUT2D eigenvalue weighted by atomic mass is 9.67. The minimum absolute atomic E-state index is 0.441. The predicted octanol–water partition coefficient (Wildman–Crippen LogP) is 17.8. The molecule has 70 heavy (non-hydrogen) atoms. The molecular formula is C67H46N2S. The highest BCUT2D eigenvalue weighted by Crippen LogP contribution is 2.60. The number of rotatable bonds is 8. The molecule has 2 nitrogen and oxygen atoms in total. The van der Waals surface area contributed by atoms with Crippen LogP contribution >= 0.6 is 11.3 Å². The Labute approximate surface area is 412 Å². The van der Waals surface area contributed by atoms with Crippen LogP contribution in [0.5, 0.6) is 0 Å². The summed E-state index contributed by atoms with van der Waals surface area (Å²) in [5.74, 6) is 0. The second-order valence-corrected chi connectivity index (χ2v) is 19.7. The van der Waals surface area contributed by atoms with Crippen molar-refractivity contribution >= 4 is 60.3 Å². The highest BCUT2D eigenvalue weighted by Gasteiger charge is 2.47. The minimum Gasteiger partial charge on any atom is -0.309 e. The van der Waals surface area contributed by atoms with Crippen molar-refractivity contribution in [3.8, 4) is 39.1 Å². The van der Waals surface area contributed by atoms with Gasteiger partial charge >= 0.3 is 0 Å². The number of fused-ring (bicyclic) bond motifs is 10. The molecule has 0 fully saturated rings. The van der Waals surface area contributed by atoms with E-state index >= 15 is 0 Å². The van der Waals surface area contributed by atoms with E-state index < -0.39 is 5.41 Å². The van der Waals surface area contributed by atoms with Crippen LogP contribution in [0.4, 0.5) is 11.4 Å². The number of aryl methyl sites for hydroxylation is 1. The number of aromatic nitrogens is 1. The van der Waals surface area contributed by atoms with Gasteiger partial charge in [-0.1, -0.05) is 200 Å². The molecule has 0 N–H and O–H groups in total. The zero-order valence-electron chi connectivity index (χ0n) is 38.5.